The molecule has 2 heterocycles. The van der Waals surface area contributed by atoms with Crippen LogP contribution in [-0.2, 0) is 0 Å². The third kappa shape index (κ3) is 6.95. The third-order valence-electron chi connectivity index (χ3n) is 13.2. The van der Waals surface area contributed by atoms with E-state index in [1.807, 2.05) is 18.2 Å². The van der Waals surface area contributed by atoms with E-state index < -0.39 is 0 Å². The number of ether oxygens (including phenoxy) is 2. The lowest BCUT2D eigenvalue weighted by Crippen LogP contribution is -2.58. The Morgan fingerprint density at radius 3 is 1.67 bits per heavy atom. The second-order valence-electron chi connectivity index (χ2n) is 17.1. The van der Waals surface area contributed by atoms with E-state index in [1.165, 1.54) is 11.1 Å². The van der Waals surface area contributed by atoms with Crippen molar-refractivity contribution >= 4 is 78.7 Å². The van der Waals surface area contributed by atoms with Gasteiger partial charge in [0.2, 0.25) is 0 Å². The molecule has 12 rings (SSSR count). The second kappa shape index (κ2) is 17.1. The molecule has 0 amide bonds. The minimum absolute atomic E-state index is 0.194. The predicted molar refractivity (Wildman–Crippen MR) is 282 cm³/mol. The number of hydrogen-bond acceptors (Lipinski definition) is 4. The van der Waals surface area contributed by atoms with Gasteiger partial charge < -0.3 is 19.3 Å². The number of fused-ring (bicyclic) bond motifs is 8. The molecular formula is C62H45BN2O2. The normalized spacial score (nSPS) is 13.7. The van der Waals surface area contributed by atoms with Crippen molar-refractivity contribution < 1.29 is 9.47 Å². The van der Waals surface area contributed by atoms with Crippen molar-refractivity contribution in [3.05, 3.63) is 260 Å². The van der Waals surface area contributed by atoms with E-state index in [2.05, 4.69) is 235 Å². The van der Waals surface area contributed by atoms with Crippen LogP contribution in [0.5, 0.6) is 23.0 Å². The molecule has 0 saturated heterocycles. The highest BCUT2D eigenvalue weighted by Gasteiger charge is 2.43. The van der Waals surface area contributed by atoms with E-state index in [9.17, 15) is 0 Å². The van der Waals surface area contributed by atoms with Gasteiger partial charge in [-0.2, -0.15) is 0 Å². The summed E-state index contributed by atoms with van der Waals surface area (Å²) in [6.45, 7) is 3.77. The maximum Gasteiger partial charge on any atom is 0.262 e. The number of benzene rings is 9. The van der Waals surface area contributed by atoms with E-state index in [0.29, 0.717) is 0 Å². The fraction of sp³-hybridized carbons (Fsp3) is 0.0323. The van der Waals surface area contributed by atoms with Gasteiger partial charge in [0.1, 0.15) is 23.0 Å². The van der Waals surface area contributed by atoms with Crippen LogP contribution in [0.15, 0.2) is 249 Å². The molecule has 9 aromatic carbocycles. The van der Waals surface area contributed by atoms with Gasteiger partial charge in [0.05, 0.1) is 17.1 Å². The Labute approximate surface area is 392 Å². The molecule has 0 unspecified atom stereocenters. The zero-order valence-corrected chi connectivity index (χ0v) is 36.9. The first-order chi connectivity index (χ1) is 33.2. The molecule has 4 nitrogen and oxygen atoms in total. The summed E-state index contributed by atoms with van der Waals surface area (Å²) in [5.74, 6) is 3.25. The Hall–Kier alpha value is -8.54. The summed E-state index contributed by atoms with van der Waals surface area (Å²) in [6, 6.07) is 71.2. The molecule has 3 aliphatic rings. The van der Waals surface area contributed by atoms with Crippen LogP contribution in [0.4, 0.5) is 22.7 Å². The van der Waals surface area contributed by atoms with Gasteiger partial charge in [-0.25, -0.2) is 0 Å². The van der Waals surface area contributed by atoms with E-state index in [1.54, 1.807) is 0 Å². The third-order valence-corrected chi connectivity index (χ3v) is 13.2. The average molecular weight is 861 g/mol. The predicted octanol–water partition coefficient (Wildman–Crippen LogP) is 14.5. The lowest BCUT2D eigenvalue weighted by molar-refractivity contribution is 0.465. The van der Waals surface area contributed by atoms with Gasteiger partial charge in [-0.1, -0.05) is 183 Å². The molecule has 9 aromatic rings. The molecule has 0 bridgehead atoms. The summed E-state index contributed by atoms with van der Waals surface area (Å²) in [5.41, 5.74) is 13.3. The molecule has 0 spiro atoms. The molecule has 0 aromatic heterocycles. The molecule has 0 N–H and O–H groups in total. The van der Waals surface area contributed by atoms with Crippen LogP contribution in [0.3, 0.4) is 0 Å². The summed E-state index contributed by atoms with van der Waals surface area (Å²) < 4.78 is 14.3. The molecule has 318 valence electrons. The Kier molecular flexibility index (Phi) is 10.2. The summed E-state index contributed by atoms with van der Waals surface area (Å²) >= 11 is 0. The molecule has 0 saturated carbocycles. The highest BCUT2D eigenvalue weighted by atomic mass is 16.5. The molecular weight excluding hydrogens is 816 g/mol. The summed E-state index contributed by atoms with van der Waals surface area (Å²) in [6.07, 6.45) is 14.5. The average Bonchev–Trinajstić information content (AvgIpc) is 3.39. The van der Waals surface area contributed by atoms with Crippen LogP contribution in [0.1, 0.15) is 24.0 Å². The number of hydrogen-bond donors (Lipinski definition) is 0. The number of nitrogens with zero attached hydrogens (tertiary/aromatic N) is 2. The fourth-order valence-corrected chi connectivity index (χ4v) is 10.4. The van der Waals surface area contributed by atoms with Gasteiger partial charge in [0.25, 0.3) is 6.71 Å². The van der Waals surface area contributed by atoms with E-state index in [4.69, 9.17) is 9.47 Å². The van der Waals surface area contributed by atoms with Crippen molar-refractivity contribution in [1.82, 2.24) is 0 Å². The maximum absolute atomic E-state index is 7.16. The Bertz CT molecular complexity index is 3490. The van der Waals surface area contributed by atoms with Crippen molar-refractivity contribution in [2.45, 2.75) is 12.8 Å². The molecule has 0 atom stereocenters. The van der Waals surface area contributed by atoms with Crippen LogP contribution in [0.25, 0.3) is 32.8 Å². The Morgan fingerprint density at radius 2 is 1.04 bits per heavy atom. The maximum atomic E-state index is 7.16. The molecule has 0 fully saturated rings. The first kappa shape index (κ1) is 40.0. The van der Waals surface area contributed by atoms with Gasteiger partial charge in [-0.15, -0.1) is 0 Å². The van der Waals surface area contributed by atoms with Crippen LogP contribution in [0, 0.1) is 0 Å². The van der Waals surface area contributed by atoms with Crippen LogP contribution >= 0.6 is 0 Å². The minimum Gasteiger partial charge on any atom is -0.458 e. The van der Waals surface area contributed by atoms with Crippen molar-refractivity contribution in [3.63, 3.8) is 0 Å². The van der Waals surface area contributed by atoms with Crippen molar-refractivity contribution in [2.75, 3.05) is 9.80 Å². The largest absolute Gasteiger partial charge is 0.458 e. The first-order valence-electron chi connectivity index (χ1n) is 23.1. The first-order valence-corrected chi connectivity index (χ1v) is 23.1. The van der Waals surface area contributed by atoms with Crippen molar-refractivity contribution in [3.8, 4) is 23.0 Å². The number of para-hydroxylation sites is 2. The van der Waals surface area contributed by atoms with E-state index in [0.717, 1.165) is 113 Å². The monoisotopic (exact) mass is 860 g/mol. The number of rotatable bonds is 10. The van der Waals surface area contributed by atoms with Crippen LogP contribution < -0.4 is 35.7 Å². The molecule has 0 radical (unpaired) electrons. The standard InChI is InChI=1S/C62H45BN2O2/c1-2-3-8-37-52(44-26-11-5-12-27-44)64(45-28-13-6-14-29-45)54-41-58-60(50-35-19-17-33-48(50)54)63-61-51-36-20-18-34-49(51)55(42-59(61)67-57-40-23-39-56(66-58)62(57)63)65(46-30-15-7-16-31-46)53-38-22-21-32-47(53)43-24-9-4-10-25-43/h2-20,22-31,33-42H,1,21,32H2/b8-3-,52-37+. The Morgan fingerprint density at radius 1 is 0.507 bits per heavy atom. The summed E-state index contributed by atoms with van der Waals surface area (Å²) in [4.78, 5) is 4.80. The highest BCUT2D eigenvalue weighted by molar-refractivity contribution is 7.01. The minimum atomic E-state index is -0.194. The van der Waals surface area contributed by atoms with Gasteiger partial charge in [-0.05, 0) is 99.8 Å². The zero-order chi connectivity index (χ0) is 44.7. The topological polar surface area (TPSA) is 24.9 Å². The summed E-state index contributed by atoms with van der Waals surface area (Å²) in [5, 5.41) is 4.51. The molecule has 2 aliphatic heterocycles. The molecule has 67 heavy (non-hydrogen) atoms. The Balaban J connectivity index is 1.12. The molecule has 5 heteroatoms. The zero-order valence-electron chi connectivity index (χ0n) is 36.9. The van der Waals surface area contributed by atoms with Gasteiger partial charge >= 0.3 is 0 Å². The van der Waals surface area contributed by atoms with Crippen LogP contribution in [0.2, 0.25) is 0 Å². The number of anilines is 4. The highest BCUT2D eigenvalue weighted by Crippen LogP contribution is 2.47. The smallest absolute Gasteiger partial charge is 0.262 e. The van der Waals surface area contributed by atoms with E-state index >= 15 is 0 Å². The summed E-state index contributed by atoms with van der Waals surface area (Å²) in [7, 11) is 0. The van der Waals surface area contributed by atoms with Gasteiger partial charge in [0.15, 0.2) is 0 Å². The quantitative estimate of drug-likeness (QED) is 0.101. The van der Waals surface area contributed by atoms with Gasteiger partial charge in [0, 0.05) is 45.4 Å². The second-order valence-corrected chi connectivity index (χ2v) is 17.1. The van der Waals surface area contributed by atoms with Crippen molar-refractivity contribution in [1.29, 1.82) is 0 Å². The fourth-order valence-electron chi connectivity index (χ4n) is 10.4. The lowest BCUT2D eigenvalue weighted by Gasteiger charge is -2.37. The number of allylic oxidation sites excluding steroid dienone is 7. The van der Waals surface area contributed by atoms with Gasteiger partial charge in [-0.3, -0.25) is 0 Å². The lowest BCUT2D eigenvalue weighted by atomic mass is 9.33. The van der Waals surface area contributed by atoms with E-state index in [-0.39, 0.29) is 6.71 Å². The molecule has 1 aliphatic carbocycles. The van der Waals surface area contributed by atoms with Crippen LogP contribution in [-0.4, -0.2) is 6.71 Å². The van der Waals surface area contributed by atoms with Crippen molar-refractivity contribution in [2.24, 2.45) is 0 Å². The SMILES string of the molecule is C=C/C=C\C=C(/c1ccccc1)N(c1ccccc1)c1cc2c(c3ccccc13)B1c3c(cccc3O2)Oc2cc(N(C3=C(c4ccccc4)CCC=C3)c3ccccc3)c3ccccc3c21.